The molecule has 0 aromatic carbocycles. The monoisotopic (exact) mass is 530 g/mol. The maximum atomic E-state index is 8.81. The van der Waals surface area contributed by atoms with Gasteiger partial charge in [0.15, 0.2) is 0 Å². The minimum Gasteiger partial charge on any atom is -0.379 e. The van der Waals surface area contributed by atoms with Gasteiger partial charge in [0.05, 0.1) is 13.2 Å². The number of hydrogen-bond donors (Lipinski definition) is 1. The van der Waals surface area contributed by atoms with Crippen LogP contribution in [0.2, 0.25) is 0 Å². The van der Waals surface area contributed by atoms with Crippen molar-refractivity contribution in [3.8, 4) is 0 Å². The van der Waals surface area contributed by atoms with Crippen molar-refractivity contribution in [3.05, 3.63) is 0 Å². The summed E-state index contributed by atoms with van der Waals surface area (Å²) in [6, 6.07) is 0. The third-order valence-corrected chi connectivity index (χ3v) is 7.37. The minimum atomic E-state index is -0.673. The second kappa shape index (κ2) is 21.2. The van der Waals surface area contributed by atoms with E-state index in [4.69, 9.17) is 34.8 Å². The molecular weight excluding hydrogens is 472 g/mol. The van der Waals surface area contributed by atoms with Crippen LogP contribution in [0, 0.1) is 5.92 Å². The van der Waals surface area contributed by atoms with Crippen LogP contribution in [-0.2, 0) is 29.1 Å². The van der Waals surface area contributed by atoms with Crippen molar-refractivity contribution in [1.82, 2.24) is 4.90 Å². The molecular formula is C29H58N2O6. The van der Waals surface area contributed by atoms with Gasteiger partial charge in [-0.05, 0) is 58.5 Å². The number of aldehydes is 1. The van der Waals surface area contributed by atoms with Gasteiger partial charge in [-0.3, -0.25) is 0 Å². The van der Waals surface area contributed by atoms with Crippen LogP contribution in [0.4, 0.5) is 0 Å². The molecule has 4 aliphatic rings. The molecule has 8 heteroatoms. The van der Waals surface area contributed by atoms with E-state index in [1.807, 2.05) is 0 Å². The molecule has 0 radical (unpaired) electrons. The summed E-state index contributed by atoms with van der Waals surface area (Å²) in [6.07, 6.45) is 19.0. The smallest absolute Gasteiger partial charge is 0.234 e. The van der Waals surface area contributed by atoms with Gasteiger partial charge in [0.25, 0.3) is 0 Å². The van der Waals surface area contributed by atoms with Crippen molar-refractivity contribution in [3.63, 3.8) is 0 Å². The van der Waals surface area contributed by atoms with Crippen LogP contribution in [0.3, 0.4) is 0 Å². The average Bonchev–Trinajstić information content (AvgIpc) is 2.91. The number of hydrogen-bond acceptors (Lipinski definition) is 8. The fourth-order valence-electron chi connectivity index (χ4n) is 4.67. The Morgan fingerprint density at radius 2 is 1.14 bits per heavy atom. The number of likely N-dealkylation sites (N-methyl/N-ethyl adjacent to an activating group) is 1. The van der Waals surface area contributed by atoms with Crippen molar-refractivity contribution < 1.29 is 29.1 Å². The predicted molar refractivity (Wildman–Crippen MR) is 148 cm³/mol. The molecule has 2 aliphatic heterocycles. The fraction of sp³-hybridized carbons (Fsp3) is 0.966. The van der Waals surface area contributed by atoms with Crippen LogP contribution >= 0.6 is 0 Å². The van der Waals surface area contributed by atoms with Gasteiger partial charge < -0.3 is 20.2 Å². The lowest BCUT2D eigenvalue weighted by Crippen LogP contribution is -2.52. The van der Waals surface area contributed by atoms with E-state index in [0.29, 0.717) is 0 Å². The molecule has 2 saturated heterocycles. The molecule has 220 valence electrons. The topological polar surface area (TPSA) is 92.5 Å². The number of ether oxygens (including phenoxy) is 1. The first-order valence-electron chi connectivity index (χ1n) is 15.0. The van der Waals surface area contributed by atoms with E-state index < -0.39 is 11.6 Å². The van der Waals surface area contributed by atoms with E-state index >= 15 is 0 Å². The molecule has 37 heavy (non-hydrogen) atoms. The Morgan fingerprint density at radius 1 is 0.784 bits per heavy atom. The number of rotatable bonds is 1. The average molecular weight is 531 g/mol. The summed E-state index contributed by atoms with van der Waals surface area (Å²) in [4.78, 5) is 34.5. The standard InChI is InChI=1S/C19H34O4.C5H11NO.C3H9N.C2H4O/c1-17-11-15-19(16-12-17)22-20-18(21-23-19)13-9-7-5-3-2-4-6-8-10-14-18;1-6-2-4-7-5-3-6;1-2-3-4;1-2-3/h17H,2-16H2,1H3;2-5H2,1H3;2-4H2,1H3;2H,1H3. The lowest BCUT2D eigenvalue weighted by Gasteiger charge is -2.45. The molecule has 4 fully saturated rings. The highest BCUT2D eigenvalue weighted by Gasteiger charge is 2.49. The largest absolute Gasteiger partial charge is 0.379 e. The van der Waals surface area contributed by atoms with Crippen molar-refractivity contribution in [1.29, 1.82) is 0 Å². The third kappa shape index (κ3) is 15.5. The Kier molecular flexibility index (Phi) is 19.8. The van der Waals surface area contributed by atoms with Gasteiger partial charge in [0.2, 0.25) is 11.6 Å². The number of carbonyl (C=O) groups excluding carboxylic acids is 1. The Bertz CT molecular complexity index is 510. The van der Waals surface area contributed by atoms with Gasteiger partial charge in [-0.15, -0.1) is 0 Å². The molecule has 2 N–H and O–H groups in total. The van der Waals surface area contributed by atoms with Crippen LogP contribution in [-0.4, -0.2) is 62.7 Å². The van der Waals surface area contributed by atoms with Crippen molar-refractivity contribution in [2.24, 2.45) is 11.7 Å². The maximum Gasteiger partial charge on any atom is 0.234 e. The zero-order valence-corrected chi connectivity index (χ0v) is 24.5. The molecule has 2 saturated carbocycles. The van der Waals surface area contributed by atoms with Crippen LogP contribution in [0.25, 0.3) is 0 Å². The fourth-order valence-corrected chi connectivity index (χ4v) is 4.67. The molecule has 0 atom stereocenters. The van der Waals surface area contributed by atoms with Gasteiger partial charge in [0, 0.05) is 38.8 Å². The highest BCUT2D eigenvalue weighted by molar-refractivity contribution is 5.44. The second-order valence-electron chi connectivity index (χ2n) is 11.0. The van der Waals surface area contributed by atoms with Crippen LogP contribution < -0.4 is 5.73 Å². The predicted octanol–water partition coefficient (Wildman–Crippen LogP) is 6.31. The van der Waals surface area contributed by atoms with Gasteiger partial charge >= 0.3 is 0 Å². The summed E-state index contributed by atoms with van der Waals surface area (Å²) >= 11 is 0. The molecule has 8 nitrogen and oxygen atoms in total. The molecule has 0 bridgehead atoms. The third-order valence-electron chi connectivity index (χ3n) is 7.37. The normalized spacial score (nSPS) is 25.0. The molecule has 0 amide bonds. The van der Waals surface area contributed by atoms with E-state index in [1.165, 1.54) is 51.9 Å². The van der Waals surface area contributed by atoms with Crippen molar-refractivity contribution >= 4 is 6.29 Å². The number of nitrogens with two attached hydrogens (primary N) is 1. The number of morpholine rings is 1. The highest BCUT2D eigenvalue weighted by atomic mass is 17.4. The minimum absolute atomic E-state index is 0.651. The Morgan fingerprint density at radius 3 is 1.46 bits per heavy atom. The summed E-state index contributed by atoms with van der Waals surface area (Å²) in [7, 11) is 2.11. The van der Waals surface area contributed by atoms with E-state index in [-0.39, 0.29) is 0 Å². The highest BCUT2D eigenvalue weighted by Crippen LogP contribution is 2.43. The van der Waals surface area contributed by atoms with Crippen molar-refractivity contribution in [2.45, 2.75) is 135 Å². The van der Waals surface area contributed by atoms with Crippen LogP contribution in [0.5, 0.6) is 0 Å². The summed E-state index contributed by atoms with van der Waals surface area (Å²) in [5.74, 6) is -0.584. The molecule has 2 spiro atoms. The second-order valence-corrected chi connectivity index (χ2v) is 11.0. The summed E-state index contributed by atoms with van der Waals surface area (Å²) < 4.78 is 5.10. The zero-order valence-electron chi connectivity index (χ0n) is 24.5. The number of carbonyl (C=O) groups is 1. The first-order valence-corrected chi connectivity index (χ1v) is 15.0. The van der Waals surface area contributed by atoms with E-state index in [0.717, 1.165) is 103 Å². The molecule has 2 heterocycles. The maximum absolute atomic E-state index is 8.81. The lowest BCUT2D eigenvalue weighted by molar-refractivity contribution is -0.661. The first-order chi connectivity index (χ1) is 17.9. The summed E-state index contributed by atoms with van der Waals surface area (Å²) in [5, 5.41) is 0. The van der Waals surface area contributed by atoms with Gasteiger partial charge in [0.1, 0.15) is 6.29 Å². The SMILES string of the molecule is CC1CCC2(CC1)OOC1(CCCCCCCCCCC1)OO2.CC=O.CCCN.CN1CCOCC1. The summed E-state index contributed by atoms with van der Waals surface area (Å²) in [6.45, 7) is 10.6. The molecule has 0 aromatic heterocycles. The van der Waals surface area contributed by atoms with Gasteiger partial charge in [-0.2, -0.15) is 19.6 Å². The Labute approximate surface area is 227 Å². The van der Waals surface area contributed by atoms with Gasteiger partial charge in [-0.1, -0.05) is 58.8 Å². The Balaban J connectivity index is 0.000000401. The van der Waals surface area contributed by atoms with E-state index in [9.17, 15) is 0 Å². The first kappa shape index (κ1) is 34.4. The van der Waals surface area contributed by atoms with Crippen LogP contribution in [0.1, 0.15) is 124 Å². The van der Waals surface area contributed by atoms with E-state index in [2.05, 4.69) is 25.8 Å². The quantitative estimate of drug-likeness (QED) is 0.311. The zero-order chi connectivity index (χ0) is 27.2. The number of nitrogens with zero attached hydrogens (tertiary/aromatic N) is 1. The Hall–Kier alpha value is -0.610. The van der Waals surface area contributed by atoms with Gasteiger partial charge in [-0.25, -0.2) is 0 Å². The van der Waals surface area contributed by atoms with E-state index in [1.54, 1.807) is 0 Å². The van der Waals surface area contributed by atoms with Crippen molar-refractivity contribution in [2.75, 3.05) is 39.9 Å². The summed E-state index contributed by atoms with van der Waals surface area (Å²) in [5.41, 5.74) is 5.03. The lowest BCUT2D eigenvalue weighted by atomic mass is 9.86. The molecule has 4 rings (SSSR count). The van der Waals surface area contributed by atoms with Crippen LogP contribution in [0.15, 0.2) is 0 Å². The molecule has 0 aromatic rings. The molecule has 2 aliphatic carbocycles. The molecule has 0 unspecified atom stereocenters.